The molecular formula is C38H46O17. The minimum atomic E-state index is -2.99. The van der Waals surface area contributed by atoms with E-state index in [-0.39, 0.29) is 29.6 Å². The highest BCUT2D eigenvalue weighted by atomic mass is 16.6. The lowest BCUT2D eigenvalue weighted by atomic mass is 9.38. The molecule has 300 valence electrons. The van der Waals surface area contributed by atoms with E-state index in [1.165, 1.54) is 33.8 Å². The molecule has 0 unspecified atom stereocenters. The summed E-state index contributed by atoms with van der Waals surface area (Å²) in [4.78, 5) is 108. The molecule has 2 heterocycles. The first kappa shape index (κ1) is 41.1. The first-order chi connectivity index (χ1) is 25.4. The number of rotatable bonds is 8. The van der Waals surface area contributed by atoms with Gasteiger partial charge in [0.05, 0.1) is 7.11 Å². The summed E-state index contributed by atoms with van der Waals surface area (Å²) in [6, 6.07) is 0. The molecule has 0 spiro atoms. The van der Waals surface area contributed by atoms with Crippen molar-refractivity contribution < 1.29 is 81.7 Å². The first-order valence-electron chi connectivity index (χ1n) is 17.7. The summed E-state index contributed by atoms with van der Waals surface area (Å²) >= 11 is 0. The van der Waals surface area contributed by atoms with Gasteiger partial charge in [0.2, 0.25) is 17.8 Å². The van der Waals surface area contributed by atoms with Crippen LogP contribution in [0.4, 0.5) is 0 Å². The van der Waals surface area contributed by atoms with Crippen LogP contribution < -0.4 is 0 Å². The number of hydrogen-bond acceptors (Lipinski definition) is 17. The standard InChI is InChI=1S/C38H46O17/c1-11-15(2)29(43)55-34-35(6,7)26(25(31(45)49-10)51-17(4)40)37(9)20-12-13-36(8)23(22(20)28(52-18(5)41)38(34,48)33(37)47)24(50-16(3)39)32(46)54-27(36)19-14-21(42)53-30(19)44/h11,14,19-20,24-28,34,42,48H,12-13H2,1-10H3/t19-,20+,24-,25+,26+,27+,28+,34+,36-,37-,38+/m0/s1. The van der Waals surface area contributed by atoms with E-state index in [2.05, 4.69) is 0 Å². The van der Waals surface area contributed by atoms with Crippen LogP contribution in [0, 0.1) is 34.0 Å². The van der Waals surface area contributed by atoms with Gasteiger partial charge in [-0.3, -0.25) is 24.0 Å². The van der Waals surface area contributed by atoms with Crippen LogP contribution in [0.2, 0.25) is 0 Å². The Bertz CT molecular complexity index is 1850. The molecular weight excluding hydrogens is 728 g/mol. The third-order valence-electron chi connectivity index (χ3n) is 12.1. The molecule has 5 rings (SSSR count). The molecule has 0 amide bonds. The smallest absolute Gasteiger partial charge is 0.352 e. The number of aliphatic hydroxyl groups excluding tert-OH is 1. The second-order valence-electron chi connectivity index (χ2n) is 15.7. The molecule has 0 aromatic rings. The van der Waals surface area contributed by atoms with Crippen LogP contribution >= 0.6 is 0 Å². The van der Waals surface area contributed by atoms with Gasteiger partial charge >= 0.3 is 41.8 Å². The molecule has 0 aromatic carbocycles. The number of cyclic esters (lactones) is 2. The zero-order chi connectivity index (χ0) is 41.3. The van der Waals surface area contributed by atoms with Gasteiger partial charge in [0.15, 0.2) is 11.9 Å². The Labute approximate surface area is 316 Å². The summed E-state index contributed by atoms with van der Waals surface area (Å²) in [5, 5.41) is 23.3. The fraction of sp³-hybridized carbons (Fsp3) is 0.632. The number of methoxy groups -OCH3 is 1. The predicted octanol–water partition coefficient (Wildman–Crippen LogP) is 2.02. The lowest BCUT2D eigenvalue weighted by Crippen LogP contribution is -2.81. The number of ether oxygens (including phenoxy) is 7. The van der Waals surface area contributed by atoms with E-state index in [9.17, 15) is 43.8 Å². The number of Topliss-reactive ketones (excluding diaryl/α,β-unsaturated/α-hetero) is 1. The normalized spacial score (nSPS) is 36.9. The lowest BCUT2D eigenvalue weighted by Gasteiger charge is -2.67. The minimum absolute atomic E-state index is 0.0266. The van der Waals surface area contributed by atoms with Crippen molar-refractivity contribution in [3.05, 3.63) is 34.8 Å². The third kappa shape index (κ3) is 6.10. The van der Waals surface area contributed by atoms with Crippen molar-refractivity contribution >= 4 is 47.6 Å². The molecule has 2 N–H and O–H groups in total. The first-order valence-corrected chi connectivity index (χ1v) is 17.7. The zero-order valence-electron chi connectivity index (χ0n) is 32.2. The van der Waals surface area contributed by atoms with Crippen molar-refractivity contribution in [2.75, 3.05) is 7.11 Å². The fourth-order valence-corrected chi connectivity index (χ4v) is 9.95. The maximum Gasteiger partial charge on any atom is 0.352 e. The Balaban J connectivity index is 1.96. The highest BCUT2D eigenvalue weighted by molar-refractivity contribution is 6.00. The van der Waals surface area contributed by atoms with Crippen molar-refractivity contribution in [2.24, 2.45) is 34.0 Å². The lowest BCUT2D eigenvalue weighted by molar-refractivity contribution is -0.267. The van der Waals surface area contributed by atoms with E-state index in [0.29, 0.717) is 0 Å². The second-order valence-corrected chi connectivity index (χ2v) is 15.7. The molecule has 0 radical (unpaired) electrons. The van der Waals surface area contributed by atoms with E-state index < -0.39 is 124 Å². The molecule has 5 aliphatic rings. The van der Waals surface area contributed by atoms with Gasteiger partial charge in [-0.15, -0.1) is 0 Å². The van der Waals surface area contributed by atoms with Crippen molar-refractivity contribution in [1.82, 2.24) is 0 Å². The zero-order valence-corrected chi connectivity index (χ0v) is 32.2. The SMILES string of the molecule is CC=C(C)C(=O)O[C@@H]1C(C)(C)[C@@H]([C@@H](OC(C)=O)C(=O)OC)[C@@]2(C)C(=O)[C@]1(O)[C@H](OC(C)=O)C1=C3[C@H](OC(C)=O)C(=O)O[C@H]([C@@H]4C=C(O)OC4=O)[C@@]3(C)CC[C@H]12. The van der Waals surface area contributed by atoms with Gasteiger partial charge in [-0.1, -0.05) is 33.8 Å². The van der Waals surface area contributed by atoms with Crippen molar-refractivity contribution in [1.29, 1.82) is 0 Å². The number of aliphatic hydroxyl groups is 2. The summed E-state index contributed by atoms with van der Waals surface area (Å²) < 4.78 is 38.8. The highest BCUT2D eigenvalue weighted by Gasteiger charge is 2.80. The van der Waals surface area contributed by atoms with Gasteiger partial charge in [0.25, 0.3) is 5.95 Å². The quantitative estimate of drug-likeness (QED) is 0.155. The van der Waals surface area contributed by atoms with E-state index >= 15 is 4.79 Å². The molecule has 2 saturated carbocycles. The van der Waals surface area contributed by atoms with Gasteiger partial charge in [0, 0.05) is 54.6 Å². The molecule has 3 fully saturated rings. The fourth-order valence-electron chi connectivity index (χ4n) is 9.95. The maximum absolute atomic E-state index is 15.4. The number of carbonyl (C=O) groups is 8. The summed E-state index contributed by atoms with van der Waals surface area (Å²) in [6.07, 6.45) is -6.80. The Morgan fingerprint density at radius 2 is 1.55 bits per heavy atom. The Morgan fingerprint density at radius 1 is 0.927 bits per heavy atom. The van der Waals surface area contributed by atoms with Crippen molar-refractivity contribution in [2.45, 2.75) is 111 Å². The number of ketones is 1. The monoisotopic (exact) mass is 774 g/mol. The van der Waals surface area contributed by atoms with Crippen LogP contribution in [0.5, 0.6) is 0 Å². The molecule has 3 aliphatic carbocycles. The van der Waals surface area contributed by atoms with Crippen LogP contribution in [-0.2, 0) is 71.5 Å². The van der Waals surface area contributed by atoms with Crippen molar-refractivity contribution in [3.8, 4) is 0 Å². The topological polar surface area (TPSA) is 242 Å². The largest absolute Gasteiger partial charge is 0.481 e. The van der Waals surface area contributed by atoms with Gasteiger partial charge in [-0.05, 0) is 43.8 Å². The number of carbonyl (C=O) groups excluding carboxylic acids is 8. The molecule has 1 saturated heterocycles. The van der Waals surface area contributed by atoms with Crippen LogP contribution in [0.25, 0.3) is 0 Å². The number of hydrogen-bond donors (Lipinski definition) is 2. The molecule has 2 bridgehead atoms. The van der Waals surface area contributed by atoms with Crippen LogP contribution in [0.3, 0.4) is 0 Å². The molecule has 2 aliphatic heterocycles. The van der Waals surface area contributed by atoms with Gasteiger partial charge in [-0.2, -0.15) is 0 Å². The Hall–Kier alpha value is -5.06. The minimum Gasteiger partial charge on any atom is -0.481 e. The Morgan fingerprint density at radius 3 is 2.05 bits per heavy atom. The Kier molecular flexibility index (Phi) is 10.4. The van der Waals surface area contributed by atoms with E-state index in [1.54, 1.807) is 13.8 Å². The summed E-state index contributed by atoms with van der Waals surface area (Å²) in [7, 11) is 1.04. The van der Waals surface area contributed by atoms with E-state index in [4.69, 9.17) is 33.2 Å². The average molecular weight is 775 g/mol. The summed E-state index contributed by atoms with van der Waals surface area (Å²) in [5.41, 5.74) is -8.33. The number of fused-ring (bicyclic) bond motifs is 5. The van der Waals surface area contributed by atoms with Gasteiger partial charge in [-0.25, -0.2) is 14.4 Å². The number of esters is 7. The molecule has 17 nitrogen and oxygen atoms in total. The maximum atomic E-state index is 15.4. The third-order valence-corrected chi connectivity index (χ3v) is 12.1. The second kappa shape index (κ2) is 13.9. The molecule has 0 aromatic heterocycles. The molecule has 17 heteroatoms. The molecule has 11 atom stereocenters. The summed E-state index contributed by atoms with van der Waals surface area (Å²) in [5.74, 6) is -12.9. The van der Waals surface area contributed by atoms with E-state index in [0.717, 1.165) is 34.0 Å². The highest BCUT2D eigenvalue weighted by Crippen LogP contribution is 2.69. The van der Waals surface area contributed by atoms with Gasteiger partial charge < -0.3 is 43.4 Å². The summed E-state index contributed by atoms with van der Waals surface area (Å²) in [6.45, 7) is 12.0. The van der Waals surface area contributed by atoms with Crippen LogP contribution in [0.1, 0.15) is 75.2 Å². The molecule has 55 heavy (non-hydrogen) atoms. The van der Waals surface area contributed by atoms with Gasteiger partial charge in [0.1, 0.15) is 18.1 Å². The van der Waals surface area contributed by atoms with Crippen molar-refractivity contribution in [3.63, 3.8) is 0 Å². The predicted molar refractivity (Wildman–Crippen MR) is 181 cm³/mol. The van der Waals surface area contributed by atoms with E-state index in [1.807, 2.05) is 0 Å². The van der Waals surface area contributed by atoms with Crippen LogP contribution in [-0.4, -0.2) is 101 Å². The average Bonchev–Trinajstić information content (AvgIpc) is 3.43. The number of allylic oxidation sites excluding steroid dienone is 1. The van der Waals surface area contributed by atoms with Crippen LogP contribution in [0.15, 0.2) is 34.8 Å².